The lowest BCUT2D eigenvalue weighted by Crippen LogP contribution is -2.17. The number of para-hydroxylation sites is 1. The van der Waals surface area contributed by atoms with Gasteiger partial charge in [-0.25, -0.2) is 4.98 Å². The highest BCUT2D eigenvalue weighted by Gasteiger charge is 2.24. The fourth-order valence-corrected chi connectivity index (χ4v) is 3.00. The van der Waals surface area contributed by atoms with E-state index in [-0.39, 0.29) is 0 Å². The fourth-order valence-electron chi connectivity index (χ4n) is 3.00. The van der Waals surface area contributed by atoms with Crippen molar-refractivity contribution >= 4 is 17.2 Å². The zero-order chi connectivity index (χ0) is 13.5. The standard InChI is InChI=1S/C16H16N4/c17-11-14-16(18-15-7-3-4-9-19(14)15)20-10-8-12-5-1-2-6-13(12)20/h1-7,9H,8,10-11,17H2. The largest absolute Gasteiger partial charge is 0.325 e. The van der Waals surface area contributed by atoms with Gasteiger partial charge in [0.25, 0.3) is 0 Å². The van der Waals surface area contributed by atoms with Crippen LogP contribution in [0.2, 0.25) is 0 Å². The Bertz CT molecular complexity index is 775. The van der Waals surface area contributed by atoms with Gasteiger partial charge < -0.3 is 15.0 Å². The highest BCUT2D eigenvalue weighted by molar-refractivity contribution is 5.71. The number of rotatable bonds is 2. The molecule has 4 rings (SSSR count). The lowest BCUT2D eigenvalue weighted by Gasteiger charge is -2.18. The maximum Gasteiger partial charge on any atom is 0.156 e. The average molecular weight is 264 g/mol. The van der Waals surface area contributed by atoms with E-state index >= 15 is 0 Å². The summed E-state index contributed by atoms with van der Waals surface area (Å²) in [6, 6.07) is 14.6. The summed E-state index contributed by atoms with van der Waals surface area (Å²) in [6.07, 6.45) is 3.09. The Kier molecular flexibility index (Phi) is 2.50. The molecule has 1 aliphatic rings. The molecule has 0 aliphatic carbocycles. The first-order chi connectivity index (χ1) is 9.88. The van der Waals surface area contributed by atoms with Crippen molar-refractivity contribution < 1.29 is 0 Å². The van der Waals surface area contributed by atoms with Crippen molar-refractivity contribution in [1.82, 2.24) is 9.38 Å². The predicted molar refractivity (Wildman–Crippen MR) is 80.2 cm³/mol. The third-order valence-electron chi connectivity index (χ3n) is 3.94. The molecule has 0 fully saturated rings. The van der Waals surface area contributed by atoms with Gasteiger partial charge in [-0.05, 0) is 30.2 Å². The second-order valence-electron chi connectivity index (χ2n) is 5.05. The molecular weight excluding hydrogens is 248 g/mol. The van der Waals surface area contributed by atoms with E-state index in [0.29, 0.717) is 6.54 Å². The van der Waals surface area contributed by atoms with E-state index in [9.17, 15) is 0 Å². The molecule has 0 unspecified atom stereocenters. The van der Waals surface area contributed by atoms with Gasteiger partial charge in [0.1, 0.15) is 5.65 Å². The molecule has 3 heterocycles. The molecule has 0 saturated carbocycles. The quantitative estimate of drug-likeness (QED) is 0.773. The van der Waals surface area contributed by atoms with Gasteiger partial charge in [0.05, 0.1) is 5.69 Å². The monoisotopic (exact) mass is 264 g/mol. The van der Waals surface area contributed by atoms with Crippen LogP contribution in [0.5, 0.6) is 0 Å². The summed E-state index contributed by atoms with van der Waals surface area (Å²) in [4.78, 5) is 7.06. The summed E-state index contributed by atoms with van der Waals surface area (Å²) in [5.41, 5.74) is 10.6. The Labute approximate surface area is 117 Å². The molecular formula is C16H16N4. The van der Waals surface area contributed by atoms with Crippen molar-refractivity contribution in [3.63, 3.8) is 0 Å². The summed E-state index contributed by atoms with van der Waals surface area (Å²) >= 11 is 0. The number of fused-ring (bicyclic) bond motifs is 2. The molecule has 2 N–H and O–H groups in total. The maximum atomic E-state index is 5.96. The number of nitrogens with two attached hydrogens (primary N) is 1. The van der Waals surface area contributed by atoms with Gasteiger partial charge >= 0.3 is 0 Å². The average Bonchev–Trinajstić information content (AvgIpc) is 3.07. The lowest BCUT2D eigenvalue weighted by molar-refractivity contribution is 0.923. The van der Waals surface area contributed by atoms with Crippen molar-refractivity contribution in [3.8, 4) is 0 Å². The summed E-state index contributed by atoms with van der Waals surface area (Å²) in [6.45, 7) is 1.45. The normalized spacial score (nSPS) is 13.9. The number of imidazole rings is 1. The molecule has 0 atom stereocenters. The Morgan fingerprint density at radius 1 is 1.10 bits per heavy atom. The smallest absolute Gasteiger partial charge is 0.156 e. The van der Waals surface area contributed by atoms with Gasteiger partial charge in [-0.2, -0.15) is 0 Å². The molecule has 20 heavy (non-hydrogen) atoms. The van der Waals surface area contributed by atoms with Gasteiger partial charge in [0, 0.05) is 25.0 Å². The van der Waals surface area contributed by atoms with Crippen molar-refractivity contribution in [2.45, 2.75) is 13.0 Å². The van der Waals surface area contributed by atoms with Crippen LogP contribution in [0.4, 0.5) is 11.5 Å². The molecule has 100 valence electrons. The molecule has 3 aromatic rings. The van der Waals surface area contributed by atoms with Crippen molar-refractivity contribution in [3.05, 3.63) is 59.9 Å². The molecule has 0 amide bonds. The van der Waals surface area contributed by atoms with Crippen LogP contribution in [-0.4, -0.2) is 15.9 Å². The van der Waals surface area contributed by atoms with E-state index in [4.69, 9.17) is 10.7 Å². The van der Waals surface area contributed by atoms with Crippen LogP contribution in [0, 0.1) is 0 Å². The Morgan fingerprint density at radius 3 is 2.85 bits per heavy atom. The Hall–Kier alpha value is -2.33. The Morgan fingerprint density at radius 2 is 1.95 bits per heavy atom. The van der Waals surface area contributed by atoms with E-state index in [0.717, 1.165) is 30.1 Å². The number of benzene rings is 1. The predicted octanol–water partition coefficient (Wildman–Crippen LogP) is 2.49. The molecule has 0 bridgehead atoms. The fraction of sp³-hybridized carbons (Fsp3) is 0.188. The number of hydrogen-bond acceptors (Lipinski definition) is 3. The number of nitrogens with zero attached hydrogens (tertiary/aromatic N) is 3. The van der Waals surface area contributed by atoms with Crippen molar-refractivity contribution in [2.75, 3.05) is 11.4 Å². The maximum absolute atomic E-state index is 5.96. The van der Waals surface area contributed by atoms with Gasteiger partial charge in [0.15, 0.2) is 5.82 Å². The molecule has 1 aromatic carbocycles. The second kappa shape index (κ2) is 4.35. The Balaban J connectivity index is 1.91. The molecule has 2 aromatic heterocycles. The van der Waals surface area contributed by atoms with Crippen LogP contribution in [-0.2, 0) is 13.0 Å². The van der Waals surface area contributed by atoms with Gasteiger partial charge in [-0.15, -0.1) is 0 Å². The minimum absolute atomic E-state index is 0.485. The number of hydrogen-bond donors (Lipinski definition) is 1. The van der Waals surface area contributed by atoms with Crippen LogP contribution >= 0.6 is 0 Å². The van der Waals surface area contributed by atoms with Crippen LogP contribution in [0.1, 0.15) is 11.3 Å². The first-order valence-corrected chi connectivity index (χ1v) is 6.90. The summed E-state index contributed by atoms with van der Waals surface area (Å²) < 4.78 is 2.08. The SMILES string of the molecule is NCc1c(N2CCc3ccccc32)nc2ccccn12. The molecule has 0 spiro atoms. The number of anilines is 2. The van der Waals surface area contributed by atoms with E-state index in [1.807, 2.05) is 24.4 Å². The van der Waals surface area contributed by atoms with Crippen LogP contribution in [0.25, 0.3) is 5.65 Å². The van der Waals surface area contributed by atoms with Gasteiger partial charge in [0.2, 0.25) is 0 Å². The number of aromatic nitrogens is 2. The zero-order valence-corrected chi connectivity index (χ0v) is 11.2. The highest BCUT2D eigenvalue weighted by atomic mass is 15.2. The minimum Gasteiger partial charge on any atom is -0.325 e. The molecule has 4 heteroatoms. The first-order valence-electron chi connectivity index (χ1n) is 6.90. The van der Waals surface area contributed by atoms with Gasteiger partial charge in [-0.1, -0.05) is 24.3 Å². The van der Waals surface area contributed by atoms with E-state index in [1.54, 1.807) is 0 Å². The summed E-state index contributed by atoms with van der Waals surface area (Å²) in [5.74, 6) is 0.989. The molecule has 0 radical (unpaired) electrons. The van der Waals surface area contributed by atoms with E-state index in [2.05, 4.69) is 33.6 Å². The van der Waals surface area contributed by atoms with Gasteiger partial charge in [-0.3, -0.25) is 0 Å². The highest BCUT2D eigenvalue weighted by Crippen LogP contribution is 2.35. The minimum atomic E-state index is 0.485. The topological polar surface area (TPSA) is 46.6 Å². The van der Waals surface area contributed by atoms with E-state index in [1.165, 1.54) is 11.3 Å². The van der Waals surface area contributed by atoms with Crippen molar-refractivity contribution in [1.29, 1.82) is 0 Å². The molecule has 0 saturated heterocycles. The zero-order valence-electron chi connectivity index (χ0n) is 11.2. The lowest BCUT2D eigenvalue weighted by atomic mass is 10.2. The third-order valence-corrected chi connectivity index (χ3v) is 3.94. The summed E-state index contributed by atoms with van der Waals surface area (Å²) in [7, 11) is 0. The third kappa shape index (κ3) is 1.55. The van der Waals surface area contributed by atoms with E-state index < -0.39 is 0 Å². The van der Waals surface area contributed by atoms with Crippen molar-refractivity contribution in [2.24, 2.45) is 5.73 Å². The second-order valence-corrected chi connectivity index (χ2v) is 5.05. The first kappa shape index (κ1) is 11.5. The molecule has 1 aliphatic heterocycles. The van der Waals surface area contributed by atoms with Crippen LogP contribution in [0.15, 0.2) is 48.7 Å². The number of pyridine rings is 1. The molecule has 4 nitrogen and oxygen atoms in total. The summed E-state index contributed by atoms with van der Waals surface area (Å²) in [5, 5.41) is 0. The van der Waals surface area contributed by atoms with Crippen LogP contribution < -0.4 is 10.6 Å². The van der Waals surface area contributed by atoms with Crippen LogP contribution in [0.3, 0.4) is 0 Å².